The van der Waals surface area contributed by atoms with E-state index < -0.39 is 0 Å². The maximum atomic E-state index is 6.12. The summed E-state index contributed by atoms with van der Waals surface area (Å²) in [5.74, 6) is 1.57. The van der Waals surface area contributed by atoms with Crippen LogP contribution in [0.4, 0.5) is 11.9 Å². The minimum absolute atomic E-state index is 0. The number of benzene rings is 2. The van der Waals surface area contributed by atoms with Crippen LogP contribution in [-0.2, 0) is 21.4 Å². The highest BCUT2D eigenvalue weighted by Crippen LogP contribution is 2.25. The zero-order chi connectivity index (χ0) is 25.1. The van der Waals surface area contributed by atoms with Gasteiger partial charge in [-0.15, -0.1) is 0 Å². The van der Waals surface area contributed by atoms with Crippen molar-refractivity contribution in [3.05, 3.63) is 64.7 Å². The maximum absolute atomic E-state index is 6.12. The molecule has 0 saturated heterocycles. The van der Waals surface area contributed by atoms with E-state index in [0.29, 0.717) is 62.3 Å². The average molecular weight is 536 g/mol. The third kappa shape index (κ3) is 9.87. The van der Waals surface area contributed by atoms with Crippen LogP contribution in [0.2, 0.25) is 5.02 Å². The first kappa shape index (κ1) is 29.7. The Hall–Kier alpha value is -2.49. The molecule has 196 valence electrons. The van der Waals surface area contributed by atoms with Crippen LogP contribution in [0.1, 0.15) is 31.9 Å². The van der Waals surface area contributed by atoms with E-state index in [2.05, 4.69) is 76.4 Å². The van der Waals surface area contributed by atoms with Crippen molar-refractivity contribution in [2.24, 2.45) is 0 Å². The normalized spacial score (nSPS) is 11.1. The molecular weight excluding hydrogens is 499 g/mol. The van der Waals surface area contributed by atoms with Crippen molar-refractivity contribution in [3.8, 4) is 11.4 Å². The average Bonchev–Trinajstić information content (AvgIpc) is 2.84. The summed E-state index contributed by atoms with van der Waals surface area (Å²) in [5.41, 5.74) is 7.04. The molecule has 5 N–H and O–H groups in total. The molecule has 0 atom stereocenters. The van der Waals surface area contributed by atoms with E-state index in [1.807, 2.05) is 24.3 Å². The van der Waals surface area contributed by atoms with Gasteiger partial charge in [0.2, 0.25) is 11.9 Å². The molecule has 0 fully saturated rings. The SMILES string of the molecule is CC(C)(C)c1ccc(-c2nc(NCCOCCOCC[NH3+])nc(NCc3cccc(Cl)c3)n2)cc1.[Cl-]. The van der Waals surface area contributed by atoms with Gasteiger partial charge in [0.1, 0.15) is 0 Å². The van der Waals surface area contributed by atoms with Gasteiger partial charge >= 0.3 is 0 Å². The molecule has 0 spiro atoms. The highest BCUT2D eigenvalue weighted by molar-refractivity contribution is 6.30. The highest BCUT2D eigenvalue weighted by atomic mass is 35.5. The lowest BCUT2D eigenvalue weighted by molar-refractivity contribution is -0.374. The van der Waals surface area contributed by atoms with Gasteiger partial charge in [0.05, 0.1) is 33.0 Å². The molecule has 10 heteroatoms. The first-order chi connectivity index (χ1) is 16.8. The quantitative estimate of drug-likeness (QED) is 0.278. The number of nitrogens with zero attached hydrogens (tertiary/aromatic N) is 3. The van der Waals surface area contributed by atoms with Crippen LogP contribution >= 0.6 is 11.6 Å². The number of rotatable bonds is 13. The van der Waals surface area contributed by atoms with E-state index in [1.165, 1.54) is 5.56 Å². The molecule has 0 unspecified atom stereocenters. The lowest BCUT2D eigenvalue weighted by atomic mass is 9.87. The third-order valence-corrected chi connectivity index (χ3v) is 5.41. The van der Waals surface area contributed by atoms with Gasteiger partial charge in [0, 0.05) is 23.7 Å². The van der Waals surface area contributed by atoms with Gasteiger partial charge in [-0.05, 0) is 28.7 Å². The number of hydrogen-bond donors (Lipinski definition) is 3. The Kier molecular flexibility index (Phi) is 12.3. The molecule has 3 rings (SSSR count). The number of hydrogen-bond acceptors (Lipinski definition) is 7. The van der Waals surface area contributed by atoms with E-state index in [0.717, 1.165) is 17.7 Å². The van der Waals surface area contributed by atoms with Gasteiger partial charge in [0.15, 0.2) is 5.82 Å². The number of nitrogens with one attached hydrogen (secondary N) is 2. The van der Waals surface area contributed by atoms with Gasteiger partial charge < -0.3 is 38.2 Å². The molecule has 0 radical (unpaired) electrons. The van der Waals surface area contributed by atoms with Gasteiger partial charge in [-0.1, -0.05) is 68.8 Å². The first-order valence-electron chi connectivity index (χ1n) is 11.9. The zero-order valence-electron chi connectivity index (χ0n) is 21.2. The Labute approximate surface area is 224 Å². The fourth-order valence-corrected chi connectivity index (χ4v) is 3.48. The topological polar surface area (TPSA) is 109 Å². The van der Waals surface area contributed by atoms with Crippen molar-refractivity contribution < 1.29 is 27.6 Å². The maximum Gasteiger partial charge on any atom is 0.228 e. The van der Waals surface area contributed by atoms with E-state index in [-0.39, 0.29) is 17.8 Å². The van der Waals surface area contributed by atoms with Gasteiger partial charge in [-0.2, -0.15) is 15.0 Å². The van der Waals surface area contributed by atoms with Crippen LogP contribution in [0.3, 0.4) is 0 Å². The van der Waals surface area contributed by atoms with Crippen molar-refractivity contribution in [3.63, 3.8) is 0 Å². The molecular formula is C26H36Cl2N6O2. The van der Waals surface area contributed by atoms with E-state index in [4.69, 9.17) is 21.1 Å². The monoisotopic (exact) mass is 534 g/mol. The summed E-state index contributed by atoms with van der Waals surface area (Å²) in [5, 5.41) is 7.23. The van der Waals surface area contributed by atoms with Crippen LogP contribution in [0, 0.1) is 0 Å². The van der Waals surface area contributed by atoms with Crippen LogP contribution in [0.25, 0.3) is 11.4 Å². The molecule has 0 saturated carbocycles. The van der Waals surface area contributed by atoms with Gasteiger partial charge in [-0.25, -0.2) is 0 Å². The Morgan fingerprint density at radius 3 is 2.17 bits per heavy atom. The Balaban J connectivity index is 0.00000456. The van der Waals surface area contributed by atoms with E-state index in [1.54, 1.807) is 0 Å². The number of quaternary nitrogens is 1. The first-order valence-corrected chi connectivity index (χ1v) is 12.3. The van der Waals surface area contributed by atoms with Gasteiger partial charge in [0.25, 0.3) is 0 Å². The van der Waals surface area contributed by atoms with Crippen LogP contribution in [0.15, 0.2) is 48.5 Å². The smallest absolute Gasteiger partial charge is 0.228 e. The zero-order valence-corrected chi connectivity index (χ0v) is 22.7. The number of anilines is 2. The Morgan fingerprint density at radius 2 is 1.53 bits per heavy atom. The summed E-state index contributed by atoms with van der Waals surface area (Å²) in [6.45, 7) is 10.7. The summed E-state index contributed by atoms with van der Waals surface area (Å²) in [6.07, 6.45) is 0. The summed E-state index contributed by atoms with van der Waals surface area (Å²) in [4.78, 5) is 13.8. The molecule has 0 amide bonds. The molecule has 0 aliphatic carbocycles. The summed E-state index contributed by atoms with van der Waals surface area (Å²) in [6, 6.07) is 16.0. The van der Waals surface area contributed by atoms with Crippen molar-refractivity contribution in [2.75, 3.05) is 50.2 Å². The van der Waals surface area contributed by atoms with Crippen LogP contribution < -0.4 is 28.8 Å². The third-order valence-electron chi connectivity index (χ3n) is 5.17. The number of aromatic nitrogens is 3. The van der Waals surface area contributed by atoms with Crippen molar-refractivity contribution >= 4 is 23.5 Å². The molecule has 2 aromatic carbocycles. The standard InChI is InChI=1S/C26H35ClN6O2.ClH/c1-26(2,3)21-9-7-20(8-10-21)23-31-24(29-12-14-35-16-15-34-13-11-28)33-25(32-23)30-18-19-5-4-6-22(27)17-19;/h4-10,17H,11-16,18,28H2,1-3H3,(H2,29,30,31,32,33);1H. The highest BCUT2D eigenvalue weighted by Gasteiger charge is 2.14. The fourth-order valence-electron chi connectivity index (χ4n) is 3.27. The predicted molar refractivity (Wildman–Crippen MR) is 141 cm³/mol. The van der Waals surface area contributed by atoms with Crippen LogP contribution in [-0.4, -0.2) is 54.5 Å². The van der Waals surface area contributed by atoms with E-state index >= 15 is 0 Å². The predicted octanol–water partition coefficient (Wildman–Crippen LogP) is 0.793. The summed E-state index contributed by atoms with van der Waals surface area (Å²) >= 11 is 6.12. The van der Waals surface area contributed by atoms with Crippen molar-refractivity contribution in [1.29, 1.82) is 0 Å². The van der Waals surface area contributed by atoms with Gasteiger partial charge in [-0.3, -0.25) is 0 Å². The fraction of sp³-hybridized carbons (Fsp3) is 0.423. The Morgan fingerprint density at radius 1 is 0.861 bits per heavy atom. The Bertz CT molecular complexity index is 1060. The second-order valence-corrected chi connectivity index (χ2v) is 9.56. The van der Waals surface area contributed by atoms with Crippen molar-refractivity contribution in [1.82, 2.24) is 15.0 Å². The number of halogens is 2. The minimum atomic E-state index is 0. The lowest BCUT2D eigenvalue weighted by Gasteiger charge is -2.19. The number of ether oxygens (including phenoxy) is 2. The summed E-state index contributed by atoms with van der Waals surface area (Å²) in [7, 11) is 0. The second-order valence-electron chi connectivity index (χ2n) is 9.12. The molecule has 0 aliphatic rings. The molecule has 1 heterocycles. The minimum Gasteiger partial charge on any atom is -1.00 e. The molecule has 0 aliphatic heterocycles. The molecule has 1 aromatic heterocycles. The summed E-state index contributed by atoms with van der Waals surface area (Å²) < 4.78 is 11.0. The molecule has 8 nitrogen and oxygen atoms in total. The molecule has 0 bridgehead atoms. The molecule has 36 heavy (non-hydrogen) atoms. The largest absolute Gasteiger partial charge is 1.00 e. The van der Waals surface area contributed by atoms with Crippen molar-refractivity contribution in [2.45, 2.75) is 32.7 Å². The second kappa shape index (κ2) is 14.9. The molecule has 3 aromatic rings. The van der Waals surface area contributed by atoms with E-state index in [9.17, 15) is 0 Å². The van der Waals surface area contributed by atoms with Crippen LogP contribution in [0.5, 0.6) is 0 Å². The lowest BCUT2D eigenvalue weighted by Crippen LogP contribution is -3.00.